The molecule has 0 radical (unpaired) electrons. The number of primary amides is 1. The summed E-state index contributed by atoms with van der Waals surface area (Å²) >= 11 is 8.98. The summed E-state index contributed by atoms with van der Waals surface area (Å²) in [5.41, 5.74) is 7.89. The molecule has 9 heteroatoms. The Morgan fingerprint density at radius 2 is 1.97 bits per heavy atom. The van der Waals surface area contributed by atoms with Gasteiger partial charge in [0.05, 0.1) is 32.7 Å². The number of carbonyl (C=O) groups is 2. The van der Waals surface area contributed by atoms with E-state index in [4.69, 9.17) is 17.3 Å². The highest BCUT2D eigenvalue weighted by atomic mass is 35.5. The van der Waals surface area contributed by atoms with Crippen LogP contribution in [-0.2, 0) is 16.0 Å². The van der Waals surface area contributed by atoms with Crippen molar-refractivity contribution in [3.63, 3.8) is 0 Å². The molecule has 0 aliphatic carbocycles. The van der Waals surface area contributed by atoms with Crippen LogP contribution in [0.1, 0.15) is 18.5 Å². The Morgan fingerprint density at radius 3 is 2.67 bits per heavy atom. The van der Waals surface area contributed by atoms with Crippen LogP contribution in [0.15, 0.2) is 41.8 Å². The van der Waals surface area contributed by atoms with Gasteiger partial charge in [-0.2, -0.15) is 0 Å². The third-order valence-corrected chi connectivity index (χ3v) is 7.39. The fourth-order valence-electron chi connectivity index (χ4n) is 3.55. The summed E-state index contributed by atoms with van der Waals surface area (Å²) in [6, 6.07) is 11.5. The first-order chi connectivity index (χ1) is 14.5. The number of carbonyl (C=O) groups excluding carboxylic acids is 2. The lowest BCUT2D eigenvalue weighted by Crippen LogP contribution is -2.38. The average Bonchev–Trinajstić information content (AvgIpc) is 3.37. The van der Waals surface area contributed by atoms with Crippen LogP contribution in [0, 0.1) is 5.92 Å². The standard InChI is InChI=1S/C21H21ClN4O2S2/c22-18-6-5-17(30-18)21-24-14(12-29-21)11-19(27)25-15-3-1-2-4-16(15)26-9-7-13(8-10-26)20(23)28/h1-6,12-13H,7-11H2,(H2,23,28)(H,25,27). The minimum absolute atomic E-state index is 0.0694. The van der Waals surface area contributed by atoms with Gasteiger partial charge in [-0.15, -0.1) is 22.7 Å². The summed E-state index contributed by atoms with van der Waals surface area (Å²) in [5, 5.41) is 5.79. The highest BCUT2D eigenvalue weighted by molar-refractivity contribution is 7.23. The molecule has 6 nitrogen and oxygen atoms in total. The van der Waals surface area contributed by atoms with E-state index in [2.05, 4.69) is 15.2 Å². The van der Waals surface area contributed by atoms with E-state index in [0.717, 1.165) is 57.2 Å². The Morgan fingerprint density at radius 1 is 1.20 bits per heavy atom. The number of halogens is 1. The number of nitrogens with zero attached hydrogens (tertiary/aromatic N) is 2. The fourth-order valence-corrected chi connectivity index (χ4v) is 5.48. The molecule has 0 bridgehead atoms. The third kappa shape index (κ3) is 4.83. The van der Waals surface area contributed by atoms with Crippen molar-refractivity contribution < 1.29 is 9.59 Å². The first-order valence-electron chi connectivity index (χ1n) is 9.63. The molecule has 3 N–H and O–H groups in total. The number of nitrogens with one attached hydrogen (secondary N) is 1. The number of hydrogen-bond acceptors (Lipinski definition) is 6. The number of nitrogens with two attached hydrogens (primary N) is 1. The predicted octanol–water partition coefficient (Wildman–Crippen LogP) is 4.41. The Bertz CT molecular complexity index is 1060. The van der Waals surface area contributed by atoms with E-state index >= 15 is 0 Å². The van der Waals surface area contributed by atoms with Crippen molar-refractivity contribution in [2.75, 3.05) is 23.3 Å². The van der Waals surface area contributed by atoms with Crippen molar-refractivity contribution in [3.8, 4) is 9.88 Å². The van der Waals surface area contributed by atoms with Gasteiger partial charge in [-0.3, -0.25) is 9.59 Å². The number of aromatic nitrogens is 1. The van der Waals surface area contributed by atoms with Gasteiger partial charge in [0, 0.05) is 24.4 Å². The summed E-state index contributed by atoms with van der Waals surface area (Å²) in [4.78, 5) is 31.8. The van der Waals surface area contributed by atoms with Crippen molar-refractivity contribution in [2.45, 2.75) is 19.3 Å². The highest BCUT2D eigenvalue weighted by Gasteiger charge is 2.24. The van der Waals surface area contributed by atoms with Crippen LogP contribution in [0.2, 0.25) is 4.34 Å². The van der Waals surface area contributed by atoms with Crippen molar-refractivity contribution in [2.24, 2.45) is 11.7 Å². The first-order valence-corrected chi connectivity index (χ1v) is 11.7. The van der Waals surface area contributed by atoms with Crippen molar-refractivity contribution in [3.05, 3.63) is 51.8 Å². The monoisotopic (exact) mass is 460 g/mol. The zero-order valence-corrected chi connectivity index (χ0v) is 18.5. The largest absolute Gasteiger partial charge is 0.370 e. The Labute approximate surface area is 187 Å². The van der Waals surface area contributed by atoms with Gasteiger partial charge in [0.25, 0.3) is 0 Å². The van der Waals surface area contributed by atoms with Gasteiger partial charge < -0.3 is 16.0 Å². The Balaban J connectivity index is 1.41. The average molecular weight is 461 g/mol. The second-order valence-corrected chi connectivity index (χ2v) is 9.73. The number of para-hydroxylation sites is 2. The third-order valence-electron chi connectivity index (χ3n) is 5.09. The Hall–Kier alpha value is -2.42. The molecular formula is C21H21ClN4O2S2. The lowest BCUT2D eigenvalue weighted by Gasteiger charge is -2.33. The number of hydrogen-bond donors (Lipinski definition) is 2. The second-order valence-electron chi connectivity index (χ2n) is 7.15. The van der Waals surface area contributed by atoms with E-state index in [9.17, 15) is 9.59 Å². The van der Waals surface area contributed by atoms with Crippen molar-refractivity contribution >= 4 is 57.5 Å². The van der Waals surface area contributed by atoms with Gasteiger partial charge in [-0.05, 0) is 37.1 Å². The van der Waals surface area contributed by atoms with E-state index in [1.165, 1.54) is 22.7 Å². The molecule has 0 atom stereocenters. The molecule has 3 heterocycles. The lowest BCUT2D eigenvalue weighted by atomic mass is 9.96. The van der Waals surface area contributed by atoms with Crippen LogP contribution in [0.25, 0.3) is 9.88 Å². The minimum Gasteiger partial charge on any atom is -0.370 e. The molecule has 1 aliphatic heterocycles. The van der Waals surface area contributed by atoms with Gasteiger partial charge in [0.1, 0.15) is 5.01 Å². The summed E-state index contributed by atoms with van der Waals surface area (Å²) < 4.78 is 0.718. The number of thiazole rings is 1. The summed E-state index contributed by atoms with van der Waals surface area (Å²) in [5.74, 6) is -0.417. The minimum atomic E-state index is -0.233. The molecule has 0 unspecified atom stereocenters. The predicted molar refractivity (Wildman–Crippen MR) is 123 cm³/mol. The van der Waals surface area contributed by atoms with Crippen LogP contribution < -0.4 is 16.0 Å². The highest BCUT2D eigenvalue weighted by Crippen LogP contribution is 2.33. The van der Waals surface area contributed by atoms with E-state index in [0.29, 0.717) is 0 Å². The number of rotatable bonds is 6. The molecule has 1 saturated heterocycles. The molecule has 2 amide bonds. The smallest absolute Gasteiger partial charge is 0.230 e. The molecule has 1 fully saturated rings. The molecule has 156 valence electrons. The number of thiophene rings is 1. The SMILES string of the molecule is NC(=O)C1CCN(c2ccccc2NC(=O)Cc2csc(-c3ccc(Cl)s3)n2)CC1. The van der Waals surface area contributed by atoms with Gasteiger partial charge in [-0.1, -0.05) is 23.7 Å². The van der Waals surface area contributed by atoms with Crippen molar-refractivity contribution in [1.82, 2.24) is 4.98 Å². The number of piperidine rings is 1. The van der Waals surface area contributed by atoms with Crippen LogP contribution in [-0.4, -0.2) is 29.9 Å². The zero-order chi connectivity index (χ0) is 21.1. The Kier molecular flexibility index (Phi) is 6.36. The first kappa shape index (κ1) is 20.8. The molecule has 30 heavy (non-hydrogen) atoms. The van der Waals surface area contributed by atoms with Gasteiger partial charge in [-0.25, -0.2) is 4.98 Å². The molecule has 1 aromatic carbocycles. The van der Waals surface area contributed by atoms with Gasteiger partial charge in [0.2, 0.25) is 11.8 Å². The molecule has 0 spiro atoms. The molecule has 4 rings (SSSR count). The molecule has 0 saturated carbocycles. The number of anilines is 2. The fraction of sp³-hybridized carbons (Fsp3) is 0.286. The topological polar surface area (TPSA) is 88.3 Å². The number of amides is 2. The van der Waals surface area contributed by atoms with Crippen LogP contribution >= 0.6 is 34.3 Å². The van der Waals surface area contributed by atoms with E-state index in [1.807, 2.05) is 41.8 Å². The zero-order valence-electron chi connectivity index (χ0n) is 16.1. The number of benzene rings is 1. The normalized spacial score (nSPS) is 14.6. The summed E-state index contributed by atoms with van der Waals surface area (Å²) in [7, 11) is 0. The van der Waals surface area contributed by atoms with E-state index in [1.54, 1.807) is 0 Å². The van der Waals surface area contributed by atoms with E-state index in [-0.39, 0.29) is 24.2 Å². The maximum absolute atomic E-state index is 12.7. The molecule has 2 aromatic heterocycles. The lowest BCUT2D eigenvalue weighted by molar-refractivity contribution is -0.122. The second kappa shape index (κ2) is 9.16. The van der Waals surface area contributed by atoms with Gasteiger partial charge >= 0.3 is 0 Å². The van der Waals surface area contributed by atoms with Crippen LogP contribution in [0.4, 0.5) is 11.4 Å². The van der Waals surface area contributed by atoms with Gasteiger partial charge in [0.15, 0.2) is 0 Å². The molecular weight excluding hydrogens is 440 g/mol. The molecule has 1 aliphatic rings. The maximum atomic E-state index is 12.7. The maximum Gasteiger partial charge on any atom is 0.230 e. The quantitative estimate of drug-likeness (QED) is 0.570. The summed E-state index contributed by atoms with van der Waals surface area (Å²) in [6.07, 6.45) is 1.66. The van der Waals surface area contributed by atoms with Crippen molar-refractivity contribution in [1.29, 1.82) is 0 Å². The van der Waals surface area contributed by atoms with E-state index < -0.39 is 0 Å². The van der Waals surface area contributed by atoms with Crippen LogP contribution in [0.5, 0.6) is 0 Å². The van der Waals surface area contributed by atoms with Crippen LogP contribution in [0.3, 0.4) is 0 Å². The summed E-state index contributed by atoms with van der Waals surface area (Å²) in [6.45, 7) is 1.47. The molecule has 3 aromatic rings.